The summed E-state index contributed by atoms with van der Waals surface area (Å²) in [5, 5.41) is 0. The fourth-order valence-corrected chi connectivity index (χ4v) is 3.11. The number of benzene rings is 2. The maximum Gasteiger partial charge on any atom is 0.335 e. The van der Waals surface area contributed by atoms with Gasteiger partial charge in [-0.15, -0.1) is 0 Å². The van der Waals surface area contributed by atoms with Crippen LogP contribution < -0.4 is 9.47 Å². The van der Waals surface area contributed by atoms with Gasteiger partial charge < -0.3 is 23.7 Å². The van der Waals surface area contributed by atoms with Gasteiger partial charge >= 0.3 is 17.9 Å². The maximum absolute atomic E-state index is 14.9. The second-order valence-electron chi connectivity index (χ2n) is 9.41. The molecule has 42 heavy (non-hydrogen) atoms. The van der Waals surface area contributed by atoms with E-state index in [1.165, 1.54) is 69.3 Å². The van der Waals surface area contributed by atoms with Crippen LogP contribution in [0.15, 0.2) is 85.0 Å². The van der Waals surface area contributed by atoms with Crippen LogP contribution in [0.25, 0.3) is 11.7 Å². The number of carbonyl (C=O) groups excluding carboxylic acids is 3. The molecular weight excluding hydrogens is 550 g/mol. The third kappa shape index (κ3) is 11.0. The molecule has 0 saturated carbocycles. The van der Waals surface area contributed by atoms with Crippen LogP contribution in [0.1, 0.15) is 38.3 Å². The van der Waals surface area contributed by atoms with Gasteiger partial charge in [0.1, 0.15) is 11.5 Å². The number of hydrogen-bond acceptors (Lipinski definition) is 8. The van der Waals surface area contributed by atoms with Crippen molar-refractivity contribution in [1.29, 1.82) is 0 Å². The Labute approximate surface area is 243 Å². The molecule has 2 aromatic carbocycles. The highest BCUT2D eigenvalue weighted by Gasteiger charge is 2.17. The molecule has 0 atom stereocenters. The average Bonchev–Trinajstić information content (AvgIpc) is 2.97. The highest BCUT2D eigenvalue weighted by atomic mass is 19.2. The minimum atomic E-state index is -1.07. The Morgan fingerprint density at radius 2 is 1.02 bits per heavy atom. The molecule has 8 nitrogen and oxygen atoms in total. The number of rotatable bonds is 16. The molecule has 0 aliphatic carbocycles. The zero-order chi connectivity index (χ0) is 31.2. The van der Waals surface area contributed by atoms with Crippen molar-refractivity contribution >= 4 is 29.6 Å². The van der Waals surface area contributed by atoms with Crippen molar-refractivity contribution in [3.05, 3.63) is 96.1 Å². The van der Waals surface area contributed by atoms with Crippen molar-refractivity contribution in [1.82, 2.24) is 0 Å². The summed E-state index contributed by atoms with van der Waals surface area (Å²) in [5.74, 6) is -3.51. The smallest absolute Gasteiger partial charge is 0.335 e. The summed E-state index contributed by atoms with van der Waals surface area (Å²) < 4.78 is 55.8. The molecule has 0 aromatic heterocycles. The molecule has 0 N–H and O–H groups in total. The molecule has 2 rings (SSSR count). The molecule has 0 spiro atoms. The van der Waals surface area contributed by atoms with E-state index in [1.54, 1.807) is 0 Å². The predicted molar refractivity (Wildman–Crippen MR) is 153 cm³/mol. The number of carbonyl (C=O) groups is 3. The van der Waals surface area contributed by atoms with E-state index in [0.29, 0.717) is 17.9 Å². The van der Waals surface area contributed by atoms with Gasteiger partial charge in [-0.1, -0.05) is 19.7 Å². The molecule has 0 fully saturated rings. The standard InChI is InChI=1S/C32H34F2O8/c1-20(2)30(35)39-17-23(18-40-31(36)21(3)4)15-16-38-26-11-7-24(8-12-26)28(33)29(34)25-9-13-27(14-10-25)41-19-42-32(37)22(5)6/h7-14,23H,1,3,5,15-19H2,2,4,6H3/b29-28+. The number of esters is 3. The normalized spacial score (nSPS) is 11.2. The quantitative estimate of drug-likeness (QED) is 0.0722. The zero-order valence-corrected chi connectivity index (χ0v) is 23.9. The van der Waals surface area contributed by atoms with Crippen molar-refractivity contribution in [3.63, 3.8) is 0 Å². The second-order valence-corrected chi connectivity index (χ2v) is 9.41. The fourth-order valence-electron chi connectivity index (χ4n) is 3.11. The summed E-state index contributed by atoms with van der Waals surface area (Å²) in [5.41, 5.74) is 0.702. The van der Waals surface area contributed by atoms with Crippen LogP contribution in [-0.2, 0) is 28.6 Å². The van der Waals surface area contributed by atoms with Crippen molar-refractivity contribution in [2.75, 3.05) is 26.6 Å². The first-order chi connectivity index (χ1) is 19.9. The fraction of sp³-hybridized carbons (Fsp3) is 0.281. The maximum atomic E-state index is 14.9. The van der Waals surface area contributed by atoms with Crippen LogP contribution in [0, 0.1) is 5.92 Å². The highest BCUT2D eigenvalue weighted by molar-refractivity contribution is 5.88. The predicted octanol–water partition coefficient (Wildman–Crippen LogP) is 6.53. The highest BCUT2D eigenvalue weighted by Crippen LogP contribution is 2.30. The molecule has 0 bridgehead atoms. The lowest BCUT2D eigenvalue weighted by atomic mass is 10.1. The lowest BCUT2D eigenvalue weighted by Crippen LogP contribution is -2.23. The molecule has 0 aliphatic rings. The molecule has 0 heterocycles. The van der Waals surface area contributed by atoms with E-state index in [-0.39, 0.29) is 60.4 Å². The first-order valence-electron chi connectivity index (χ1n) is 12.9. The Kier molecular flexibility index (Phi) is 13.2. The van der Waals surface area contributed by atoms with Gasteiger partial charge in [0.25, 0.3) is 0 Å². The minimum absolute atomic E-state index is 0.00294. The number of ether oxygens (including phenoxy) is 5. The Bertz CT molecular complexity index is 1300. The molecule has 0 saturated heterocycles. The molecule has 0 amide bonds. The summed E-state index contributed by atoms with van der Waals surface area (Å²) in [6, 6.07) is 11.2. The van der Waals surface area contributed by atoms with E-state index in [1.807, 2.05) is 0 Å². The van der Waals surface area contributed by atoms with Gasteiger partial charge in [0, 0.05) is 33.8 Å². The molecule has 10 heteroatoms. The van der Waals surface area contributed by atoms with Crippen molar-refractivity contribution in [2.45, 2.75) is 27.2 Å². The van der Waals surface area contributed by atoms with Gasteiger partial charge in [0.15, 0.2) is 11.7 Å². The van der Waals surface area contributed by atoms with Gasteiger partial charge in [0.2, 0.25) is 6.79 Å². The van der Waals surface area contributed by atoms with E-state index in [0.717, 1.165) is 0 Å². The Morgan fingerprint density at radius 1 is 0.643 bits per heavy atom. The average molecular weight is 585 g/mol. The van der Waals surface area contributed by atoms with E-state index in [9.17, 15) is 23.2 Å². The van der Waals surface area contributed by atoms with Gasteiger partial charge in [0.05, 0.1) is 19.8 Å². The lowest BCUT2D eigenvalue weighted by molar-refractivity contribution is -0.146. The van der Waals surface area contributed by atoms with E-state index < -0.39 is 29.6 Å². The lowest BCUT2D eigenvalue weighted by Gasteiger charge is -2.18. The Balaban J connectivity index is 1.95. The van der Waals surface area contributed by atoms with Crippen LogP contribution in [0.3, 0.4) is 0 Å². The number of halogens is 2. The molecule has 0 aliphatic heterocycles. The van der Waals surface area contributed by atoms with Crippen molar-refractivity contribution in [3.8, 4) is 11.5 Å². The van der Waals surface area contributed by atoms with Gasteiger partial charge in [-0.05, 0) is 75.7 Å². The van der Waals surface area contributed by atoms with Gasteiger partial charge in [-0.2, -0.15) is 0 Å². The van der Waals surface area contributed by atoms with Crippen molar-refractivity contribution in [2.24, 2.45) is 5.92 Å². The van der Waals surface area contributed by atoms with Crippen LogP contribution >= 0.6 is 0 Å². The van der Waals surface area contributed by atoms with Gasteiger partial charge in [-0.3, -0.25) is 0 Å². The largest absolute Gasteiger partial charge is 0.494 e. The summed E-state index contributed by atoms with van der Waals surface area (Å²) >= 11 is 0. The van der Waals surface area contributed by atoms with Crippen LogP contribution in [-0.4, -0.2) is 44.5 Å². The third-order valence-corrected chi connectivity index (χ3v) is 5.56. The van der Waals surface area contributed by atoms with E-state index >= 15 is 0 Å². The first-order valence-corrected chi connectivity index (χ1v) is 12.9. The number of hydrogen-bond donors (Lipinski definition) is 0. The monoisotopic (exact) mass is 584 g/mol. The van der Waals surface area contributed by atoms with Crippen LogP contribution in [0.5, 0.6) is 11.5 Å². The second kappa shape index (κ2) is 16.5. The molecule has 2 aromatic rings. The molecular formula is C32H34F2O8. The summed E-state index contributed by atoms with van der Waals surface area (Å²) in [4.78, 5) is 34.9. The first kappa shape index (κ1) is 33.5. The van der Waals surface area contributed by atoms with Gasteiger partial charge in [-0.25, -0.2) is 23.2 Å². The summed E-state index contributed by atoms with van der Waals surface area (Å²) in [6.45, 7) is 14.9. The van der Waals surface area contributed by atoms with Crippen LogP contribution in [0.2, 0.25) is 0 Å². The van der Waals surface area contributed by atoms with E-state index in [4.69, 9.17) is 23.7 Å². The van der Waals surface area contributed by atoms with Crippen molar-refractivity contribution < 1.29 is 46.8 Å². The van der Waals surface area contributed by atoms with E-state index in [2.05, 4.69) is 19.7 Å². The Hall–Kier alpha value is -4.73. The molecule has 0 radical (unpaired) electrons. The summed E-state index contributed by atoms with van der Waals surface area (Å²) in [7, 11) is 0. The molecule has 224 valence electrons. The third-order valence-electron chi connectivity index (χ3n) is 5.56. The SMILES string of the molecule is C=C(C)C(=O)OCOc1ccc(/C(F)=C(\F)c2ccc(OCCC(COC(=O)C(=C)C)COC(=O)C(=C)C)cc2)cc1. The summed E-state index contributed by atoms with van der Waals surface area (Å²) in [6.07, 6.45) is 0.369. The Morgan fingerprint density at radius 3 is 1.43 bits per heavy atom. The van der Waals surface area contributed by atoms with Crippen LogP contribution in [0.4, 0.5) is 8.78 Å². The molecule has 0 unspecified atom stereocenters. The topological polar surface area (TPSA) is 97.4 Å². The zero-order valence-electron chi connectivity index (χ0n) is 23.9. The minimum Gasteiger partial charge on any atom is -0.494 e.